The predicted molar refractivity (Wildman–Crippen MR) is 64.4 cm³/mol. The van der Waals surface area contributed by atoms with Crippen LogP contribution in [0.1, 0.15) is 49.6 Å². The van der Waals surface area contributed by atoms with Gasteiger partial charge in [-0.2, -0.15) is 5.10 Å². The van der Waals surface area contributed by atoms with Crippen molar-refractivity contribution in [3.63, 3.8) is 0 Å². The Labute approximate surface area is 97.2 Å². The number of aromatic nitrogens is 2. The summed E-state index contributed by atoms with van der Waals surface area (Å²) in [5, 5.41) is 7.71. The van der Waals surface area contributed by atoms with Gasteiger partial charge in [-0.3, -0.25) is 10.00 Å². The van der Waals surface area contributed by atoms with Gasteiger partial charge in [-0.1, -0.05) is 13.8 Å². The van der Waals surface area contributed by atoms with E-state index < -0.39 is 0 Å². The molecule has 88 valence electrons. The summed E-state index contributed by atoms with van der Waals surface area (Å²) in [7, 11) is 0. The Hall–Kier alpha value is -0.830. The second-order valence-electron chi connectivity index (χ2n) is 5.65. The second-order valence-corrected chi connectivity index (χ2v) is 5.65. The van der Waals surface area contributed by atoms with Crippen LogP contribution in [0.5, 0.6) is 0 Å². The Balaban J connectivity index is 1.73. The fourth-order valence-corrected chi connectivity index (χ4v) is 2.70. The van der Waals surface area contributed by atoms with Gasteiger partial charge in [0.05, 0.1) is 11.4 Å². The van der Waals surface area contributed by atoms with Crippen molar-refractivity contribution in [1.29, 1.82) is 0 Å². The van der Waals surface area contributed by atoms with Crippen LogP contribution >= 0.6 is 0 Å². The maximum absolute atomic E-state index is 4.47. The molecular formula is C13H21N3. The van der Waals surface area contributed by atoms with Gasteiger partial charge in [0.2, 0.25) is 0 Å². The molecule has 0 bridgehead atoms. The molecule has 3 rings (SSSR count). The average molecular weight is 219 g/mol. The van der Waals surface area contributed by atoms with Gasteiger partial charge in [0.25, 0.3) is 0 Å². The Morgan fingerprint density at radius 3 is 2.94 bits per heavy atom. The van der Waals surface area contributed by atoms with E-state index in [1.165, 1.54) is 49.3 Å². The minimum atomic E-state index is 0.551. The fraction of sp³-hybridized carbons (Fsp3) is 0.769. The maximum Gasteiger partial charge on any atom is 0.0683 e. The monoisotopic (exact) mass is 219 g/mol. The first-order valence-corrected chi connectivity index (χ1v) is 6.52. The van der Waals surface area contributed by atoms with Crippen molar-refractivity contribution in [1.82, 2.24) is 15.1 Å². The third-order valence-corrected chi connectivity index (χ3v) is 3.80. The lowest BCUT2D eigenvalue weighted by atomic mass is 9.98. The molecule has 2 heterocycles. The zero-order valence-electron chi connectivity index (χ0n) is 10.3. The van der Waals surface area contributed by atoms with E-state index in [9.17, 15) is 0 Å². The lowest BCUT2D eigenvalue weighted by molar-refractivity contribution is 0.241. The van der Waals surface area contributed by atoms with Crippen molar-refractivity contribution in [2.24, 2.45) is 5.92 Å². The molecule has 0 unspecified atom stereocenters. The zero-order valence-corrected chi connectivity index (χ0v) is 10.3. The highest BCUT2D eigenvalue weighted by molar-refractivity contribution is 5.29. The second kappa shape index (κ2) is 3.88. The molecule has 1 aliphatic carbocycles. The number of aromatic amines is 1. The van der Waals surface area contributed by atoms with Crippen LogP contribution in [-0.4, -0.2) is 28.2 Å². The first kappa shape index (κ1) is 10.3. The minimum absolute atomic E-state index is 0.551. The number of nitrogens with one attached hydrogen (secondary N) is 1. The summed E-state index contributed by atoms with van der Waals surface area (Å²) < 4.78 is 0. The topological polar surface area (TPSA) is 31.9 Å². The standard InChI is InChI=1S/C13H21N3/c1-9(2)13-11-5-6-16(7-10-3-4-10)8-12(11)14-15-13/h9-10H,3-8H2,1-2H3,(H,14,15). The molecule has 3 nitrogen and oxygen atoms in total. The highest BCUT2D eigenvalue weighted by atomic mass is 15.2. The molecule has 1 aromatic heterocycles. The smallest absolute Gasteiger partial charge is 0.0683 e. The minimum Gasteiger partial charge on any atom is -0.297 e. The number of H-pyrrole nitrogens is 1. The largest absolute Gasteiger partial charge is 0.297 e. The third kappa shape index (κ3) is 1.88. The van der Waals surface area contributed by atoms with E-state index in [0.717, 1.165) is 12.5 Å². The van der Waals surface area contributed by atoms with E-state index in [2.05, 4.69) is 28.9 Å². The van der Waals surface area contributed by atoms with E-state index >= 15 is 0 Å². The van der Waals surface area contributed by atoms with Crippen molar-refractivity contribution in [2.75, 3.05) is 13.1 Å². The quantitative estimate of drug-likeness (QED) is 0.846. The number of fused-ring (bicyclic) bond motifs is 1. The van der Waals surface area contributed by atoms with Crippen LogP contribution in [-0.2, 0) is 13.0 Å². The lowest BCUT2D eigenvalue weighted by Gasteiger charge is -2.26. The van der Waals surface area contributed by atoms with E-state index in [1.807, 2.05) is 0 Å². The van der Waals surface area contributed by atoms with Crippen LogP contribution < -0.4 is 0 Å². The molecule has 1 N–H and O–H groups in total. The molecule has 1 aliphatic heterocycles. The van der Waals surface area contributed by atoms with Gasteiger partial charge >= 0.3 is 0 Å². The Kier molecular flexibility index (Phi) is 2.51. The van der Waals surface area contributed by atoms with Crippen molar-refractivity contribution in [2.45, 2.75) is 45.6 Å². The van der Waals surface area contributed by atoms with Gasteiger partial charge in [0, 0.05) is 19.6 Å². The summed E-state index contributed by atoms with van der Waals surface area (Å²) in [6.07, 6.45) is 4.08. The highest BCUT2D eigenvalue weighted by Gasteiger charge is 2.28. The SMILES string of the molecule is CC(C)c1n[nH]c2c1CCN(CC1CC1)C2. The molecule has 0 spiro atoms. The normalized spacial score (nSPS) is 21.4. The molecule has 1 fully saturated rings. The molecule has 2 aliphatic rings. The first-order valence-electron chi connectivity index (χ1n) is 6.52. The Morgan fingerprint density at radius 1 is 1.44 bits per heavy atom. The Morgan fingerprint density at radius 2 is 2.25 bits per heavy atom. The van der Waals surface area contributed by atoms with Gasteiger partial charge in [0.15, 0.2) is 0 Å². The molecule has 0 radical (unpaired) electrons. The summed E-state index contributed by atoms with van der Waals surface area (Å²) in [5.74, 6) is 1.55. The molecule has 0 aromatic carbocycles. The number of hydrogen-bond donors (Lipinski definition) is 1. The first-order chi connectivity index (χ1) is 7.74. The summed E-state index contributed by atoms with van der Waals surface area (Å²) in [4.78, 5) is 2.59. The van der Waals surface area contributed by atoms with Crippen LogP contribution in [0.3, 0.4) is 0 Å². The molecule has 3 heteroatoms. The van der Waals surface area contributed by atoms with Gasteiger partial charge < -0.3 is 0 Å². The van der Waals surface area contributed by atoms with Crippen LogP contribution in [0.25, 0.3) is 0 Å². The summed E-state index contributed by atoms with van der Waals surface area (Å²) in [6, 6.07) is 0. The number of nitrogens with zero attached hydrogens (tertiary/aromatic N) is 2. The molecule has 0 amide bonds. The molecule has 1 aromatic rings. The van der Waals surface area contributed by atoms with Crippen LogP contribution in [0.4, 0.5) is 0 Å². The third-order valence-electron chi connectivity index (χ3n) is 3.80. The van der Waals surface area contributed by atoms with Gasteiger partial charge in [-0.15, -0.1) is 0 Å². The van der Waals surface area contributed by atoms with E-state index in [4.69, 9.17) is 0 Å². The van der Waals surface area contributed by atoms with Gasteiger partial charge in [-0.05, 0) is 36.7 Å². The van der Waals surface area contributed by atoms with Gasteiger partial charge in [0.1, 0.15) is 0 Å². The summed E-state index contributed by atoms with van der Waals surface area (Å²) in [5.41, 5.74) is 4.17. The van der Waals surface area contributed by atoms with Crippen molar-refractivity contribution < 1.29 is 0 Å². The molecule has 1 saturated carbocycles. The van der Waals surface area contributed by atoms with Crippen molar-refractivity contribution >= 4 is 0 Å². The Bertz CT molecular complexity index is 377. The predicted octanol–water partition coefficient (Wildman–Crippen LogP) is 2.30. The van der Waals surface area contributed by atoms with Crippen LogP contribution in [0, 0.1) is 5.92 Å². The van der Waals surface area contributed by atoms with Gasteiger partial charge in [-0.25, -0.2) is 0 Å². The van der Waals surface area contributed by atoms with E-state index in [0.29, 0.717) is 5.92 Å². The molecule has 0 atom stereocenters. The number of hydrogen-bond acceptors (Lipinski definition) is 2. The van der Waals surface area contributed by atoms with E-state index in [1.54, 1.807) is 0 Å². The summed E-state index contributed by atoms with van der Waals surface area (Å²) in [6.45, 7) is 8.07. The molecule has 16 heavy (non-hydrogen) atoms. The lowest BCUT2D eigenvalue weighted by Crippen LogP contribution is -2.32. The van der Waals surface area contributed by atoms with Crippen molar-refractivity contribution in [3.8, 4) is 0 Å². The maximum atomic E-state index is 4.47. The molecular weight excluding hydrogens is 198 g/mol. The van der Waals surface area contributed by atoms with Crippen LogP contribution in [0.15, 0.2) is 0 Å². The average Bonchev–Trinajstić information content (AvgIpc) is 2.96. The zero-order chi connectivity index (χ0) is 11.1. The summed E-state index contributed by atoms with van der Waals surface area (Å²) >= 11 is 0. The van der Waals surface area contributed by atoms with Crippen molar-refractivity contribution in [3.05, 3.63) is 17.0 Å². The highest BCUT2D eigenvalue weighted by Crippen LogP contribution is 2.32. The van der Waals surface area contributed by atoms with Crippen LogP contribution in [0.2, 0.25) is 0 Å². The van der Waals surface area contributed by atoms with E-state index in [-0.39, 0.29) is 0 Å². The fourth-order valence-electron chi connectivity index (χ4n) is 2.70. The molecule has 0 saturated heterocycles. The number of rotatable bonds is 3.